The van der Waals surface area contributed by atoms with Crippen molar-refractivity contribution < 1.29 is 9.53 Å². The molecule has 2 nitrogen and oxygen atoms in total. The van der Waals surface area contributed by atoms with Crippen molar-refractivity contribution >= 4 is 5.78 Å². The highest BCUT2D eigenvalue weighted by molar-refractivity contribution is 6.04. The van der Waals surface area contributed by atoms with Gasteiger partial charge in [0.15, 0.2) is 5.78 Å². The summed E-state index contributed by atoms with van der Waals surface area (Å²) in [4.78, 5) is 12.0. The van der Waals surface area contributed by atoms with E-state index in [2.05, 4.69) is 0 Å². The predicted molar refractivity (Wildman–Crippen MR) is 59.7 cm³/mol. The third kappa shape index (κ3) is 1.36. The van der Waals surface area contributed by atoms with E-state index in [1.54, 1.807) is 7.11 Å². The second-order valence-corrected chi connectivity index (χ2v) is 4.34. The van der Waals surface area contributed by atoms with E-state index in [1.165, 1.54) is 11.1 Å². The summed E-state index contributed by atoms with van der Waals surface area (Å²) in [6, 6.07) is 2.03. The van der Waals surface area contributed by atoms with Crippen molar-refractivity contribution in [3.05, 3.63) is 28.3 Å². The summed E-state index contributed by atoms with van der Waals surface area (Å²) in [5, 5.41) is 0. The Morgan fingerprint density at radius 1 is 1.40 bits per heavy atom. The van der Waals surface area contributed by atoms with Gasteiger partial charge in [0.05, 0.1) is 7.11 Å². The number of benzene rings is 1. The molecule has 1 aromatic carbocycles. The third-order valence-electron chi connectivity index (χ3n) is 3.29. The van der Waals surface area contributed by atoms with E-state index in [-0.39, 0.29) is 11.7 Å². The number of aryl methyl sites for hydroxylation is 1. The SMILES string of the molecule is COc1cc(C)c2c(c1C)C(=O)C(C)C2. The monoisotopic (exact) mass is 204 g/mol. The van der Waals surface area contributed by atoms with Crippen molar-refractivity contribution in [3.8, 4) is 5.75 Å². The highest BCUT2D eigenvalue weighted by Crippen LogP contribution is 2.36. The molecule has 0 N–H and O–H groups in total. The highest BCUT2D eigenvalue weighted by Gasteiger charge is 2.31. The largest absolute Gasteiger partial charge is 0.496 e. The number of rotatable bonds is 1. The molecular formula is C13H16O2. The van der Waals surface area contributed by atoms with Crippen molar-refractivity contribution in [1.82, 2.24) is 0 Å². The average molecular weight is 204 g/mol. The lowest BCUT2D eigenvalue weighted by molar-refractivity contribution is 0.0945. The zero-order valence-corrected chi connectivity index (χ0v) is 9.68. The molecule has 0 aromatic heterocycles. The summed E-state index contributed by atoms with van der Waals surface area (Å²) in [6.07, 6.45) is 0.880. The van der Waals surface area contributed by atoms with Crippen LogP contribution in [-0.4, -0.2) is 12.9 Å². The van der Waals surface area contributed by atoms with E-state index in [1.807, 2.05) is 26.8 Å². The predicted octanol–water partition coefficient (Wildman–Crippen LogP) is 2.69. The number of ketones is 1. The minimum Gasteiger partial charge on any atom is -0.496 e. The molecule has 0 saturated carbocycles. The maximum atomic E-state index is 12.0. The second-order valence-electron chi connectivity index (χ2n) is 4.34. The zero-order valence-electron chi connectivity index (χ0n) is 9.68. The number of hydrogen-bond donors (Lipinski definition) is 0. The van der Waals surface area contributed by atoms with Gasteiger partial charge in [-0.3, -0.25) is 4.79 Å². The summed E-state index contributed by atoms with van der Waals surface area (Å²) in [5.41, 5.74) is 4.28. The molecule has 2 rings (SSSR count). The van der Waals surface area contributed by atoms with Gasteiger partial charge in [0.2, 0.25) is 0 Å². The van der Waals surface area contributed by atoms with Crippen LogP contribution in [0.4, 0.5) is 0 Å². The number of carbonyl (C=O) groups is 1. The Morgan fingerprint density at radius 2 is 2.07 bits per heavy atom. The molecule has 0 saturated heterocycles. The summed E-state index contributed by atoms with van der Waals surface area (Å²) in [5.74, 6) is 1.22. The van der Waals surface area contributed by atoms with Gasteiger partial charge in [-0.15, -0.1) is 0 Å². The molecule has 0 heterocycles. The molecule has 0 spiro atoms. The van der Waals surface area contributed by atoms with Crippen LogP contribution in [0.25, 0.3) is 0 Å². The Morgan fingerprint density at radius 3 is 2.67 bits per heavy atom. The van der Waals surface area contributed by atoms with Crippen molar-refractivity contribution in [1.29, 1.82) is 0 Å². The Labute approximate surface area is 90.3 Å². The van der Waals surface area contributed by atoms with Crippen LogP contribution in [-0.2, 0) is 6.42 Å². The lowest BCUT2D eigenvalue weighted by Gasteiger charge is -2.11. The minimum absolute atomic E-state index is 0.129. The van der Waals surface area contributed by atoms with Gasteiger partial charge in [-0.05, 0) is 37.5 Å². The Hall–Kier alpha value is -1.31. The standard InChI is InChI=1S/C13H16O2/c1-7-6-11(15-4)9(3)12-10(7)5-8(2)13(12)14/h6,8H,5H2,1-4H3. The van der Waals surface area contributed by atoms with Crippen LogP contribution in [0.5, 0.6) is 5.75 Å². The van der Waals surface area contributed by atoms with E-state index < -0.39 is 0 Å². The number of hydrogen-bond acceptors (Lipinski definition) is 2. The molecule has 0 radical (unpaired) electrons. The molecule has 1 atom stereocenters. The summed E-state index contributed by atoms with van der Waals surface area (Å²) >= 11 is 0. The molecule has 0 amide bonds. The van der Waals surface area contributed by atoms with E-state index in [0.717, 1.165) is 23.3 Å². The van der Waals surface area contributed by atoms with Crippen molar-refractivity contribution in [2.45, 2.75) is 27.2 Å². The van der Waals surface area contributed by atoms with Gasteiger partial charge < -0.3 is 4.74 Å². The number of Topliss-reactive ketones (excluding diaryl/α,β-unsaturated/α-hetero) is 1. The van der Waals surface area contributed by atoms with Crippen molar-refractivity contribution in [3.63, 3.8) is 0 Å². The number of ether oxygens (including phenoxy) is 1. The van der Waals surface area contributed by atoms with Crippen LogP contribution in [0.2, 0.25) is 0 Å². The van der Waals surface area contributed by atoms with Crippen LogP contribution in [0.1, 0.15) is 34.0 Å². The van der Waals surface area contributed by atoms with E-state index >= 15 is 0 Å². The van der Waals surface area contributed by atoms with Gasteiger partial charge in [-0.25, -0.2) is 0 Å². The van der Waals surface area contributed by atoms with Crippen LogP contribution >= 0.6 is 0 Å². The molecule has 0 fully saturated rings. The van der Waals surface area contributed by atoms with Crippen molar-refractivity contribution in [2.24, 2.45) is 5.92 Å². The fraction of sp³-hybridized carbons (Fsp3) is 0.462. The molecule has 15 heavy (non-hydrogen) atoms. The maximum absolute atomic E-state index is 12.0. The van der Waals surface area contributed by atoms with E-state index in [0.29, 0.717) is 0 Å². The fourth-order valence-corrected chi connectivity index (χ4v) is 2.39. The summed E-state index contributed by atoms with van der Waals surface area (Å²) in [6.45, 7) is 6.01. The first-order valence-electron chi connectivity index (χ1n) is 5.27. The van der Waals surface area contributed by atoms with Crippen LogP contribution in [0.3, 0.4) is 0 Å². The first-order valence-corrected chi connectivity index (χ1v) is 5.27. The molecule has 0 bridgehead atoms. The Kier molecular flexibility index (Phi) is 2.29. The van der Waals surface area contributed by atoms with Gasteiger partial charge >= 0.3 is 0 Å². The summed E-state index contributed by atoms with van der Waals surface area (Å²) < 4.78 is 5.28. The number of methoxy groups -OCH3 is 1. The normalized spacial score (nSPS) is 19.2. The molecule has 1 aromatic rings. The molecule has 1 aliphatic carbocycles. The van der Waals surface area contributed by atoms with Crippen LogP contribution in [0.15, 0.2) is 6.07 Å². The van der Waals surface area contributed by atoms with Gasteiger partial charge in [0.25, 0.3) is 0 Å². The molecule has 1 aliphatic rings. The topological polar surface area (TPSA) is 26.3 Å². The van der Waals surface area contributed by atoms with Gasteiger partial charge in [0, 0.05) is 17.0 Å². The van der Waals surface area contributed by atoms with Crippen molar-refractivity contribution in [2.75, 3.05) is 7.11 Å². The molecule has 80 valence electrons. The first-order chi connectivity index (χ1) is 7.06. The first kappa shape index (κ1) is 10.2. The molecular weight excluding hydrogens is 188 g/mol. The molecule has 1 unspecified atom stereocenters. The lowest BCUT2D eigenvalue weighted by Crippen LogP contribution is -2.05. The molecule has 2 heteroatoms. The Balaban J connectivity index is 2.69. The van der Waals surface area contributed by atoms with Crippen LogP contribution in [0, 0.1) is 19.8 Å². The quantitative estimate of drug-likeness (QED) is 0.703. The highest BCUT2D eigenvalue weighted by atomic mass is 16.5. The van der Waals surface area contributed by atoms with E-state index in [4.69, 9.17) is 4.74 Å². The smallest absolute Gasteiger partial charge is 0.166 e. The third-order valence-corrected chi connectivity index (χ3v) is 3.29. The lowest BCUT2D eigenvalue weighted by atomic mass is 9.98. The minimum atomic E-state index is 0.129. The maximum Gasteiger partial charge on any atom is 0.166 e. The number of fused-ring (bicyclic) bond motifs is 1. The van der Waals surface area contributed by atoms with Crippen LogP contribution < -0.4 is 4.74 Å². The van der Waals surface area contributed by atoms with E-state index in [9.17, 15) is 4.79 Å². The zero-order chi connectivity index (χ0) is 11.2. The summed E-state index contributed by atoms with van der Waals surface area (Å²) in [7, 11) is 1.65. The van der Waals surface area contributed by atoms with Gasteiger partial charge in [-0.2, -0.15) is 0 Å². The average Bonchev–Trinajstić information content (AvgIpc) is 2.50. The van der Waals surface area contributed by atoms with Gasteiger partial charge in [-0.1, -0.05) is 6.92 Å². The fourth-order valence-electron chi connectivity index (χ4n) is 2.39. The van der Waals surface area contributed by atoms with Gasteiger partial charge in [0.1, 0.15) is 5.75 Å². The molecule has 0 aliphatic heterocycles. The number of carbonyl (C=O) groups excluding carboxylic acids is 1. The second kappa shape index (κ2) is 3.37. The Bertz CT molecular complexity index is 433.